The summed E-state index contributed by atoms with van der Waals surface area (Å²) in [5, 5.41) is 0. The molecule has 0 aromatic carbocycles. The first kappa shape index (κ1) is 16.8. The van der Waals surface area contributed by atoms with Crippen LogP contribution in [0.1, 0.15) is 52.5 Å². The Hall–Kier alpha value is -2.04. The van der Waals surface area contributed by atoms with Gasteiger partial charge < -0.3 is 9.47 Å². The van der Waals surface area contributed by atoms with Crippen LogP contribution in [-0.2, 0) is 4.74 Å². The van der Waals surface area contributed by atoms with Crippen molar-refractivity contribution in [2.24, 2.45) is 5.92 Å². The van der Waals surface area contributed by atoms with E-state index in [0.29, 0.717) is 24.4 Å². The normalized spacial score (nSPS) is 21.2. The molecule has 0 bridgehead atoms. The van der Waals surface area contributed by atoms with Crippen LogP contribution in [0.3, 0.4) is 0 Å². The predicted octanol–water partition coefficient (Wildman–Crippen LogP) is 4.24. The Morgan fingerprint density at radius 3 is 2.75 bits per heavy atom. The molecule has 0 unspecified atom stereocenters. The third-order valence-electron chi connectivity index (χ3n) is 3.95. The van der Waals surface area contributed by atoms with E-state index in [2.05, 4.69) is 18.0 Å². The first-order chi connectivity index (χ1) is 11.3. The molecular weight excluding hydrogens is 304 g/mol. The fraction of sp³-hybridized carbons (Fsp3) is 0.579. The molecule has 1 aromatic heterocycles. The molecule has 5 heteroatoms. The van der Waals surface area contributed by atoms with Gasteiger partial charge in [0.05, 0.1) is 5.70 Å². The molecule has 2 aliphatic rings. The fourth-order valence-electron chi connectivity index (χ4n) is 2.66. The summed E-state index contributed by atoms with van der Waals surface area (Å²) in [6.07, 6.45) is 6.96. The largest absolute Gasteiger partial charge is 0.474 e. The van der Waals surface area contributed by atoms with Gasteiger partial charge in [-0.3, -0.25) is 4.90 Å². The van der Waals surface area contributed by atoms with E-state index in [0.717, 1.165) is 30.5 Å². The molecule has 3 rings (SSSR count). The number of rotatable bonds is 3. The van der Waals surface area contributed by atoms with Crippen molar-refractivity contribution in [2.45, 2.75) is 58.7 Å². The highest BCUT2D eigenvalue weighted by atomic mass is 16.6. The number of ether oxygens (including phenoxy) is 2. The van der Waals surface area contributed by atoms with E-state index in [1.807, 2.05) is 32.9 Å². The summed E-state index contributed by atoms with van der Waals surface area (Å²) < 4.78 is 11.4. The lowest BCUT2D eigenvalue weighted by Crippen LogP contribution is -2.39. The zero-order valence-corrected chi connectivity index (χ0v) is 14.9. The van der Waals surface area contributed by atoms with Gasteiger partial charge in [0.1, 0.15) is 11.7 Å². The third kappa shape index (κ3) is 4.28. The van der Waals surface area contributed by atoms with E-state index in [1.165, 1.54) is 0 Å². The van der Waals surface area contributed by atoms with E-state index in [1.54, 1.807) is 11.1 Å². The highest BCUT2D eigenvalue weighted by Crippen LogP contribution is 2.31. The number of hydrogen-bond acceptors (Lipinski definition) is 4. The summed E-state index contributed by atoms with van der Waals surface area (Å²) >= 11 is 0. The van der Waals surface area contributed by atoms with E-state index in [-0.39, 0.29) is 6.09 Å². The Labute approximate surface area is 143 Å². The summed E-state index contributed by atoms with van der Waals surface area (Å²) in [6.45, 7) is 8.45. The first-order valence-electron chi connectivity index (χ1n) is 8.65. The van der Waals surface area contributed by atoms with Gasteiger partial charge >= 0.3 is 6.09 Å². The minimum Gasteiger partial charge on any atom is -0.474 e. The number of allylic oxidation sites excluding steroid dienone is 1. The van der Waals surface area contributed by atoms with Gasteiger partial charge in [-0.2, -0.15) is 0 Å². The van der Waals surface area contributed by atoms with Gasteiger partial charge in [0.25, 0.3) is 0 Å². The van der Waals surface area contributed by atoms with Crippen molar-refractivity contribution >= 4 is 11.8 Å². The fourth-order valence-corrected chi connectivity index (χ4v) is 2.66. The zero-order valence-electron chi connectivity index (χ0n) is 14.9. The maximum atomic E-state index is 12.6. The quantitative estimate of drug-likeness (QED) is 0.832. The minimum absolute atomic E-state index is 0.301. The van der Waals surface area contributed by atoms with Crippen LogP contribution in [0.2, 0.25) is 0 Å². The van der Waals surface area contributed by atoms with Crippen LogP contribution < -0.4 is 4.74 Å². The van der Waals surface area contributed by atoms with E-state index in [4.69, 9.17) is 9.47 Å². The average molecular weight is 330 g/mol. The van der Waals surface area contributed by atoms with Gasteiger partial charge in [-0.15, -0.1) is 0 Å². The lowest BCUT2D eigenvalue weighted by molar-refractivity contribution is 0.0327. The number of hydrogen-bond donors (Lipinski definition) is 0. The van der Waals surface area contributed by atoms with Crippen molar-refractivity contribution in [1.82, 2.24) is 9.88 Å². The number of aromatic nitrogens is 1. The SMILES string of the molecule is C[C@H]1CC=C(c2ccnc(OC3CC3)c2)N(C(=O)OC(C)(C)C)C1. The summed E-state index contributed by atoms with van der Waals surface area (Å²) in [7, 11) is 0. The standard InChI is InChI=1S/C19H26N2O3/c1-13-5-8-16(21(12-13)18(22)24-19(2,3)4)14-9-10-20-17(11-14)23-15-6-7-15/h8-11,13,15H,5-7,12H2,1-4H3/t13-/m0/s1. The monoisotopic (exact) mass is 330 g/mol. The van der Waals surface area contributed by atoms with Gasteiger partial charge in [-0.05, 0) is 52.0 Å². The second-order valence-corrected chi connectivity index (χ2v) is 7.72. The van der Waals surface area contributed by atoms with Crippen molar-refractivity contribution in [2.75, 3.05) is 6.54 Å². The highest BCUT2D eigenvalue weighted by Gasteiger charge is 2.30. The Morgan fingerprint density at radius 2 is 2.08 bits per heavy atom. The van der Waals surface area contributed by atoms with Gasteiger partial charge in [0.2, 0.25) is 5.88 Å². The van der Waals surface area contributed by atoms with Gasteiger partial charge in [0, 0.05) is 24.4 Å². The van der Waals surface area contributed by atoms with Crippen molar-refractivity contribution in [3.05, 3.63) is 30.0 Å². The second-order valence-electron chi connectivity index (χ2n) is 7.72. The number of carbonyl (C=O) groups is 1. The second kappa shape index (κ2) is 6.46. The molecule has 0 saturated heterocycles. The molecule has 1 aliphatic heterocycles. The molecule has 130 valence electrons. The maximum Gasteiger partial charge on any atom is 0.414 e. The lowest BCUT2D eigenvalue weighted by Gasteiger charge is -2.33. The molecule has 24 heavy (non-hydrogen) atoms. The summed E-state index contributed by atoms with van der Waals surface area (Å²) in [5.74, 6) is 1.03. The van der Waals surface area contributed by atoms with Crippen molar-refractivity contribution < 1.29 is 14.3 Å². The van der Waals surface area contributed by atoms with E-state index in [9.17, 15) is 4.79 Å². The van der Waals surface area contributed by atoms with Crippen LogP contribution in [0.25, 0.3) is 5.70 Å². The van der Waals surface area contributed by atoms with Gasteiger partial charge in [-0.25, -0.2) is 9.78 Å². The molecule has 2 heterocycles. The van der Waals surface area contributed by atoms with Crippen LogP contribution in [0.5, 0.6) is 5.88 Å². The van der Waals surface area contributed by atoms with E-state index >= 15 is 0 Å². The molecule has 0 radical (unpaired) electrons. The molecule has 5 nitrogen and oxygen atoms in total. The topological polar surface area (TPSA) is 51.7 Å². The molecule has 1 aliphatic carbocycles. The maximum absolute atomic E-state index is 12.6. The number of carbonyl (C=O) groups excluding carboxylic acids is 1. The summed E-state index contributed by atoms with van der Waals surface area (Å²) in [4.78, 5) is 18.6. The van der Waals surface area contributed by atoms with Crippen LogP contribution in [-0.4, -0.2) is 34.2 Å². The predicted molar refractivity (Wildman–Crippen MR) is 92.6 cm³/mol. The van der Waals surface area contributed by atoms with Crippen LogP contribution >= 0.6 is 0 Å². The molecular formula is C19H26N2O3. The molecule has 1 saturated carbocycles. The lowest BCUT2D eigenvalue weighted by atomic mass is 9.99. The molecule has 1 aromatic rings. The third-order valence-corrected chi connectivity index (χ3v) is 3.95. The molecule has 1 amide bonds. The number of nitrogens with zero attached hydrogens (tertiary/aromatic N) is 2. The number of pyridine rings is 1. The van der Waals surface area contributed by atoms with E-state index < -0.39 is 5.60 Å². The highest BCUT2D eigenvalue weighted by molar-refractivity contribution is 5.83. The number of amides is 1. The van der Waals surface area contributed by atoms with Crippen molar-refractivity contribution in [3.63, 3.8) is 0 Å². The Bertz CT molecular complexity index is 644. The molecule has 0 spiro atoms. The molecule has 1 fully saturated rings. The van der Waals surface area contributed by atoms with Crippen molar-refractivity contribution in [1.29, 1.82) is 0 Å². The Morgan fingerprint density at radius 1 is 1.33 bits per heavy atom. The molecule has 0 N–H and O–H groups in total. The van der Waals surface area contributed by atoms with Crippen LogP contribution in [0, 0.1) is 5.92 Å². The average Bonchev–Trinajstić information content (AvgIpc) is 3.29. The van der Waals surface area contributed by atoms with Gasteiger partial charge in [-0.1, -0.05) is 13.0 Å². The zero-order chi connectivity index (χ0) is 17.3. The van der Waals surface area contributed by atoms with Gasteiger partial charge in [0.15, 0.2) is 0 Å². The first-order valence-corrected chi connectivity index (χ1v) is 8.65. The smallest absolute Gasteiger partial charge is 0.414 e. The Kier molecular flexibility index (Phi) is 4.52. The summed E-state index contributed by atoms with van der Waals surface area (Å²) in [6, 6.07) is 3.83. The summed E-state index contributed by atoms with van der Waals surface area (Å²) in [5.41, 5.74) is 1.31. The Balaban J connectivity index is 1.84. The van der Waals surface area contributed by atoms with Crippen LogP contribution in [0.4, 0.5) is 4.79 Å². The van der Waals surface area contributed by atoms with Crippen LogP contribution in [0.15, 0.2) is 24.4 Å². The molecule has 1 atom stereocenters. The van der Waals surface area contributed by atoms with Crippen molar-refractivity contribution in [3.8, 4) is 5.88 Å². The minimum atomic E-state index is -0.513.